The second-order valence-corrected chi connectivity index (χ2v) is 5.03. The number of hydrogen-bond donors (Lipinski definition) is 2. The molecule has 0 heterocycles. The van der Waals surface area contributed by atoms with Crippen molar-refractivity contribution in [3.63, 3.8) is 0 Å². The van der Waals surface area contributed by atoms with E-state index in [4.69, 9.17) is 63.1 Å². The highest BCUT2D eigenvalue weighted by Gasteiger charge is 2.46. The Morgan fingerprint density at radius 2 is 1.67 bits per heavy atom. The molecule has 0 aliphatic heterocycles. The van der Waals surface area contributed by atoms with Crippen molar-refractivity contribution in [2.45, 2.75) is 17.4 Å². The third kappa shape index (κ3) is 2.27. The van der Waals surface area contributed by atoms with Crippen LogP contribution in [0.15, 0.2) is 20.1 Å². The maximum Gasteiger partial charge on any atom is 0.125 e. The van der Waals surface area contributed by atoms with Gasteiger partial charge in [-0.25, -0.2) is 0 Å². The van der Waals surface area contributed by atoms with Crippen LogP contribution in [0.2, 0.25) is 0 Å². The van der Waals surface area contributed by atoms with Gasteiger partial charge in [-0.15, -0.1) is 11.6 Å². The molecule has 0 aromatic heterocycles. The first-order valence-corrected chi connectivity index (χ1v) is 5.89. The van der Waals surface area contributed by atoms with E-state index in [-0.39, 0.29) is 33.2 Å². The second-order valence-electron chi connectivity index (χ2n) is 3.05. The lowest BCUT2D eigenvalue weighted by atomic mass is 9.91. The summed E-state index contributed by atoms with van der Waals surface area (Å²) in [5.41, 5.74) is -1.68. The van der Waals surface area contributed by atoms with Crippen molar-refractivity contribution in [1.82, 2.24) is 0 Å². The summed E-state index contributed by atoms with van der Waals surface area (Å²) in [6.45, 7) is -0.304. The first-order valence-electron chi connectivity index (χ1n) is 3.94. The van der Waals surface area contributed by atoms with Gasteiger partial charge in [-0.05, 0) is 0 Å². The van der Waals surface area contributed by atoms with Crippen LogP contribution in [-0.2, 0) is 0 Å². The zero-order chi connectivity index (χ0) is 11.8. The van der Waals surface area contributed by atoms with Crippen LogP contribution >= 0.6 is 58.0 Å². The molecule has 0 bridgehead atoms. The van der Waals surface area contributed by atoms with E-state index in [9.17, 15) is 5.11 Å². The molecule has 1 rings (SSSR count). The molecule has 0 amide bonds. The molecule has 0 spiro atoms. The third-order valence-corrected chi connectivity index (χ3v) is 4.79. The Hall–Kier alpha value is 0.850. The van der Waals surface area contributed by atoms with E-state index in [2.05, 4.69) is 0 Å². The zero-order valence-electron chi connectivity index (χ0n) is 7.28. The van der Waals surface area contributed by atoms with E-state index < -0.39 is 11.0 Å². The van der Waals surface area contributed by atoms with Crippen molar-refractivity contribution in [2.24, 2.45) is 0 Å². The Labute approximate surface area is 112 Å². The number of alkyl halides is 1. The minimum Gasteiger partial charge on any atom is -0.396 e. The Bertz CT molecular complexity index is 338. The average Bonchev–Trinajstić information content (AvgIpc) is 2.22. The molecular formula is C8H7Cl5O2. The summed E-state index contributed by atoms with van der Waals surface area (Å²) < 4.78 is 0. The first-order chi connectivity index (χ1) is 6.86. The minimum atomic E-state index is -1.68. The van der Waals surface area contributed by atoms with Gasteiger partial charge in [-0.3, -0.25) is 0 Å². The van der Waals surface area contributed by atoms with Crippen LogP contribution in [0.25, 0.3) is 0 Å². The van der Waals surface area contributed by atoms with E-state index in [0.717, 1.165) is 0 Å². The largest absolute Gasteiger partial charge is 0.396 e. The lowest BCUT2D eigenvalue weighted by molar-refractivity contribution is 0.0600. The fourth-order valence-corrected chi connectivity index (χ4v) is 2.81. The molecule has 7 heteroatoms. The van der Waals surface area contributed by atoms with Crippen molar-refractivity contribution in [3.8, 4) is 0 Å². The topological polar surface area (TPSA) is 40.5 Å². The molecule has 86 valence electrons. The first kappa shape index (κ1) is 13.9. The number of rotatable bonds is 2. The van der Waals surface area contributed by atoms with Crippen molar-refractivity contribution >= 4 is 58.0 Å². The summed E-state index contributed by atoms with van der Waals surface area (Å²) in [5.74, 6) is 0. The van der Waals surface area contributed by atoms with Crippen molar-refractivity contribution in [3.05, 3.63) is 20.1 Å². The van der Waals surface area contributed by atoms with Gasteiger partial charge in [-0.1, -0.05) is 46.4 Å². The summed E-state index contributed by atoms with van der Waals surface area (Å²) in [6.07, 6.45) is -0.0728. The van der Waals surface area contributed by atoms with E-state index in [0.29, 0.717) is 0 Å². The van der Waals surface area contributed by atoms with Crippen LogP contribution in [0.5, 0.6) is 0 Å². The van der Waals surface area contributed by atoms with Gasteiger partial charge in [-0.2, -0.15) is 0 Å². The molecule has 2 unspecified atom stereocenters. The quantitative estimate of drug-likeness (QED) is 0.769. The number of aliphatic hydroxyl groups excluding tert-OH is 1. The number of allylic oxidation sites excluding steroid dienone is 2. The molecule has 0 radical (unpaired) electrons. The van der Waals surface area contributed by atoms with Crippen LogP contribution in [0, 0.1) is 0 Å². The van der Waals surface area contributed by atoms with Crippen molar-refractivity contribution < 1.29 is 10.2 Å². The number of halogens is 5. The summed E-state index contributed by atoms with van der Waals surface area (Å²) in [7, 11) is 0. The van der Waals surface area contributed by atoms with Gasteiger partial charge < -0.3 is 10.2 Å². The molecule has 1 aliphatic rings. The van der Waals surface area contributed by atoms with Crippen LogP contribution in [0.1, 0.15) is 6.42 Å². The summed E-state index contributed by atoms with van der Waals surface area (Å²) in [5, 5.41) is 17.8. The summed E-state index contributed by atoms with van der Waals surface area (Å²) in [6, 6.07) is 0. The van der Waals surface area contributed by atoms with E-state index in [1.54, 1.807) is 0 Å². The van der Waals surface area contributed by atoms with Crippen LogP contribution in [0.4, 0.5) is 0 Å². The van der Waals surface area contributed by atoms with E-state index in [1.807, 2.05) is 0 Å². The predicted octanol–water partition coefficient (Wildman–Crippen LogP) is 3.10. The summed E-state index contributed by atoms with van der Waals surface area (Å²) in [4.78, 5) is 0. The highest BCUT2D eigenvalue weighted by atomic mass is 35.5. The lowest BCUT2D eigenvalue weighted by Gasteiger charge is -2.35. The average molecular weight is 312 g/mol. The van der Waals surface area contributed by atoms with Gasteiger partial charge in [0.25, 0.3) is 0 Å². The highest BCUT2D eigenvalue weighted by Crippen LogP contribution is 2.47. The van der Waals surface area contributed by atoms with Gasteiger partial charge in [0.2, 0.25) is 0 Å². The fraction of sp³-hybridized carbons (Fsp3) is 0.500. The van der Waals surface area contributed by atoms with Gasteiger partial charge in [0.05, 0.1) is 20.1 Å². The zero-order valence-corrected chi connectivity index (χ0v) is 11.1. The normalized spacial score (nSPS) is 32.6. The molecule has 0 saturated heterocycles. The van der Waals surface area contributed by atoms with Crippen LogP contribution in [0.3, 0.4) is 0 Å². The van der Waals surface area contributed by atoms with Gasteiger partial charge in [0.15, 0.2) is 0 Å². The SMILES string of the molecule is OCCC1(O)C(Cl)=C(Cl)C(Cl)=C(Cl)C1Cl. The van der Waals surface area contributed by atoms with Crippen LogP contribution in [-0.4, -0.2) is 27.8 Å². The smallest absolute Gasteiger partial charge is 0.125 e. The standard InChI is InChI=1S/C8H7Cl5O2/c9-3-4(10)6(12)8(15,1-2-14)7(13)5(3)11/h6,14-15H,1-2H2. The van der Waals surface area contributed by atoms with Gasteiger partial charge in [0.1, 0.15) is 11.0 Å². The molecule has 1 aliphatic carbocycles. The molecule has 0 saturated carbocycles. The monoisotopic (exact) mass is 310 g/mol. The number of hydrogen-bond acceptors (Lipinski definition) is 2. The molecule has 2 atom stereocenters. The molecule has 2 nitrogen and oxygen atoms in total. The van der Waals surface area contributed by atoms with Crippen molar-refractivity contribution in [1.29, 1.82) is 0 Å². The van der Waals surface area contributed by atoms with Gasteiger partial charge >= 0.3 is 0 Å². The Morgan fingerprint density at radius 3 is 2.13 bits per heavy atom. The molecule has 0 aromatic rings. The maximum absolute atomic E-state index is 10.1. The second kappa shape index (κ2) is 5.01. The highest BCUT2D eigenvalue weighted by molar-refractivity contribution is 6.53. The summed E-state index contributed by atoms with van der Waals surface area (Å²) >= 11 is 29.0. The number of aliphatic hydroxyl groups is 2. The molecule has 15 heavy (non-hydrogen) atoms. The Morgan fingerprint density at radius 1 is 1.13 bits per heavy atom. The molecule has 0 fully saturated rings. The maximum atomic E-state index is 10.1. The van der Waals surface area contributed by atoms with Gasteiger partial charge in [0, 0.05) is 13.0 Å². The predicted molar refractivity (Wildman–Crippen MR) is 63.8 cm³/mol. The Balaban J connectivity index is 3.25. The third-order valence-electron chi connectivity index (χ3n) is 2.11. The molecule has 0 aromatic carbocycles. The molecular weight excluding hydrogens is 305 g/mol. The van der Waals surface area contributed by atoms with E-state index in [1.165, 1.54) is 0 Å². The van der Waals surface area contributed by atoms with E-state index >= 15 is 0 Å². The van der Waals surface area contributed by atoms with Crippen molar-refractivity contribution in [2.75, 3.05) is 6.61 Å². The Kier molecular flexibility index (Phi) is 4.64. The van der Waals surface area contributed by atoms with Crippen LogP contribution < -0.4 is 0 Å². The lowest BCUT2D eigenvalue weighted by Crippen LogP contribution is -2.43. The fourth-order valence-electron chi connectivity index (χ4n) is 1.23. The minimum absolute atomic E-state index is 0.0173. The molecule has 2 N–H and O–H groups in total.